The van der Waals surface area contributed by atoms with E-state index in [1.807, 2.05) is 0 Å². The van der Waals surface area contributed by atoms with Crippen molar-refractivity contribution in [1.82, 2.24) is 4.98 Å². The van der Waals surface area contributed by atoms with Crippen molar-refractivity contribution in [3.8, 4) is 22.4 Å². The highest BCUT2D eigenvalue weighted by molar-refractivity contribution is 6.89. The number of hydrogen-bond acceptors (Lipinski definition) is 1. The third-order valence-electron chi connectivity index (χ3n) is 4.86. The van der Waals surface area contributed by atoms with Gasteiger partial charge in [0.2, 0.25) is 0 Å². The second kappa shape index (κ2) is 6.54. The molecule has 0 atom stereocenters. The highest BCUT2D eigenvalue weighted by Gasteiger charge is 2.22. The first-order chi connectivity index (χ1) is 12.5. The van der Waals surface area contributed by atoms with Crippen LogP contribution < -0.4 is 5.19 Å². The molecular weight excluding hydrogens is 330 g/mol. The van der Waals surface area contributed by atoms with E-state index >= 15 is 0 Å². The van der Waals surface area contributed by atoms with Crippen LogP contribution in [0.15, 0.2) is 85.1 Å². The fourth-order valence-corrected chi connectivity index (χ4v) is 4.98. The largest absolute Gasteiger partial charge is 0.256 e. The summed E-state index contributed by atoms with van der Waals surface area (Å²) in [6.07, 6.45) is 2.12. The van der Waals surface area contributed by atoms with Crippen molar-refractivity contribution in [1.29, 1.82) is 0 Å². The van der Waals surface area contributed by atoms with Gasteiger partial charge in [0, 0.05) is 11.8 Å². The Morgan fingerprint density at radius 3 is 2.15 bits per heavy atom. The Labute approximate surface area is 156 Å². The van der Waals surface area contributed by atoms with Gasteiger partial charge < -0.3 is 0 Å². The Bertz CT molecular complexity index is 1060. The predicted octanol–water partition coefficient (Wildman–Crippen LogP) is 6.11. The lowest BCUT2D eigenvalue weighted by atomic mass is 9.99. The fraction of sp³-hybridized carbons (Fsp3) is 0.125. The third-order valence-corrected chi connectivity index (χ3v) is 6.88. The van der Waals surface area contributed by atoms with Gasteiger partial charge >= 0.3 is 0 Å². The van der Waals surface area contributed by atoms with Gasteiger partial charge in [0.1, 0.15) is 0 Å². The molecule has 0 radical (unpaired) electrons. The maximum absolute atomic E-state index is 4.89. The lowest BCUT2D eigenvalue weighted by Crippen LogP contribution is -2.39. The fourth-order valence-electron chi connectivity index (χ4n) is 3.51. The molecule has 1 nitrogen and oxygen atoms in total. The average Bonchev–Trinajstić information content (AvgIpc) is 2.67. The van der Waals surface area contributed by atoms with E-state index in [0.717, 1.165) is 5.69 Å². The molecular formula is C24H23NSi. The number of fused-ring (bicyclic) bond motifs is 1. The van der Waals surface area contributed by atoms with E-state index in [4.69, 9.17) is 4.98 Å². The van der Waals surface area contributed by atoms with E-state index < -0.39 is 8.07 Å². The summed E-state index contributed by atoms with van der Waals surface area (Å²) in [4.78, 5) is 4.89. The molecule has 0 saturated carbocycles. The van der Waals surface area contributed by atoms with Crippen LogP contribution in [0, 0.1) is 0 Å². The van der Waals surface area contributed by atoms with Crippen LogP contribution >= 0.6 is 0 Å². The molecule has 3 aromatic carbocycles. The molecule has 26 heavy (non-hydrogen) atoms. The van der Waals surface area contributed by atoms with Gasteiger partial charge in [-0.15, -0.1) is 0 Å². The van der Waals surface area contributed by atoms with Gasteiger partial charge in [-0.1, -0.05) is 92.4 Å². The summed E-state index contributed by atoms with van der Waals surface area (Å²) >= 11 is 0. The first-order valence-electron chi connectivity index (χ1n) is 9.08. The first kappa shape index (κ1) is 16.7. The van der Waals surface area contributed by atoms with Crippen LogP contribution in [0.2, 0.25) is 19.6 Å². The lowest BCUT2D eigenvalue weighted by molar-refractivity contribution is 1.34. The van der Waals surface area contributed by atoms with Gasteiger partial charge in [0.15, 0.2) is 0 Å². The van der Waals surface area contributed by atoms with Gasteiger partial charge in [-0.2, -0.15) is 0 Å². The minimum atomic E-state index is -1.50. The summed E-state index contributed by atoms with van der Waals surface area (Å²) in [5.74, 6) is 0. The molecule has 2 heteroatoms. The highest BCUT2D eigenvalue weighted by atomic mass is 28.3. The van der Waals surface area contributed by atoms with Crippen molar-refractivity contribution in [2.24, 2.45) is 0 Å². The summed E-state index contributed by atoms with van der Waals surface area (Å²) in [6.45, 7) is 7.15. The van der Waals surface area contributed by atoms with E-state index in [1.54, 1.807) is 0 Å². The monoisotopic (exact) mass is 353 g/mol. The minimum Gasteiger partial charge on any atom is -0.256 e. The van der Waals surface area contributed by atoms with E-state index in [0.29, 0.717) is 0 Å². The van der Waals surface area contributed by atoms with Crippen molar-refractivity contribution < 1.29 is 0 Å². The molecule has 0 aliphatic rings. The van der Waals surface area contributed by atoms with Crippen LogP contribution in [0.4, 0.5) is 0 Å². The Morgan fingerprint density at radius 1 is 0.692 bits per heavy atom. The topological polar surface area (TPSA) is 12.9 Å². The zero-order valence-electron chi connectivity index (χ0n) is 15.5. The van der Waals surface area contributed by atoms with Crippen molar-refractivity contribution in [2.45, 2.75) is 19.6 Å². The Balaban J connectivity index is 1.97. The zero-order valence-corrected chi connectivity index (χ0v) is 16.5. The van der Waals surface area contributed by atoms with E-state index in [2.05, 4.69) is 105 Å². The number of pyridine rings is 1. The molecule has 4 aromatic rings. The maximum atomic E-state index is 4.89. The standard InChI is InChI=1S/C24H23NSi/c1-26(2,3)24-17-25-23(16-22(24)19-10-5-4-6-11-19)21-15-9-13-18-12-7-8-14-20(18)21/h4-17H,1-3H3. The normalized spacial score (nSPS) is 11.7. The van der Waals surface area contributed by atoms with Gasteiger partial charge in [-0.25, -0.2) is 0 Å². The minimum absolute atomic E-state index is 1.04. The number of hydrogen-bond donors (Lipinski definition) is 0. The van der Waals surface area contributed by atoms with Gasteiger partial charge in [-0.05, 0) is 33.2 Å². The molecule has 1 aromatic heterocycles. The van der Waals surface area contributed by atoms with Crippen molar-refractivity contribution >= 4 is 24.0 Å². The third kappa shape index (κ3) is 3.09. The predicted molar refractivity (Wildman–Crippen MR) is 116 cm³/mol. The van der Waals surface area contributed by atoms with E-state index in [-0.39, 0.29) is 0 Å². The second-order valence-corrected chi connectivity index (χ2v) is 12.8. The Morgan fingerprint density at radius 2 is 1.38 bits per heavy atom. The maximum Gasteiger partial charge on any atom is 0.0804 e. The highest BCUT2D eigenvalue weighted by Crippen LogP contribution is 2.30. The summed E-state index contributed by atoms with van der Waals surface area (Å²) in [5, 5.41) is 3.91. The molecule has 0 N–H and O–H groups in total. The molecule has 0 unspecified atom stereocenters. The molecule has 0 saturated heterocycles. The van der Waals surface area contributed by atoms with Crippen molar-refractivity contribution in [3.05, 3.63) is 85.1 Å². The number of rotatable bonds is 3. The number of aromatic nitrogens is 1. The smallest absolute Gasteiger partial charge is 0.0804 e. The molecule has 1 heterocycles. The Kier molecular flexibility index (Phi) is 4.21. The Hall–Kier alpha value is -2.71. The summed E-state index contributed by atoms with van der Waals surface area (Å²) in [5.41, 5.74) is 4.83. The van der Waals surface area contributed by atoms with Crippen molar-refractivity contribution in [2.75, 3.05) is 0 Å². The van der Waals surface area contributed by atoms with Gasteiger partial charge in [-0.3, -0.25) is 4.98 Å². The van der Waals surface area contributed by atoms with E-state index in [9.17, 15) is 0 Å². The van der Waals surface area contributed by atoms with Crippen LogP contribution in [0.5, 0.6) is 0 Å². The quantitative estimate of drug-likeness (QED) is 0.405. The molecule has 128 valence electrons. The molecule has 0 aliphatic heterocycles. The molecule has 0 fully saturated rings. The molecule has 0 spiro atoms. The summed E-state index contributed by atoms with van der Waals surface area (Å²) in [7, 11) is -1.50. The lowest BCUT2D eigenvalue weighted by Gasteiger charge is -2.22. The molecule has 0 amide bonds. The van der Waals surface area contributed by atoms with E-state index in [1.165, 1.54) is 32.6 Å². The van der Waals surface area contributed by atoms with Crippen molar-refractivity contribution in [3.63, 3.8) is 0 Å². The molecule has 0 bridgehead atoms. The zero-order chi connectivity index (χ0) is 18.1. The van der Waals surface area contributed by atoms with Crippen LogP contribution in [0.3, 0.4) is 0 Å². The number of benzene rings is 3. The first-order valence-corrected chi connectivity index (χ1v) is 12.6. The van der Waals surface area contributed by atoms with Crippen LogP contribution in [-0.4, -0.2) is 13.1 Å². The SMILES string of the molecule is C[Si](C)(C)c1cnc(-c2cccc3ccccc23)cc1-c1ccccc1. The molecule has 4 rings (SSSR count). The van der Waals surface area contributed by atoms with Crippen LogP contribution in [0.25, 0.3) is 33.2 Å². The average molecular weight is 354 g/mol. The van der Waals surface area contributed by atoms with Gasteiger partial charge in [0.05, 0.1) is 13.8 Å². The summed E-state index contributed by atoms with van der Waals surface area (Å²) < 4.78 is 0. The summed E-state index contributed by atoms with van der Waals surface area (Å²) in [6, 6.07) is 28.0. The second-order valence-electron chi connectivity index (χ2n) is 7.76. The van der Waals surface area contributed by atoms with Gasteiger partial charge in [0.25, 0.3) is 0 Å². The molecule has 0 aliphatic carbocycles. The van der Waals surface area contributed by atoms with Crippen LogP contribution in [0.1, 0.15) is 0 Å². The van der Waals surface area contributed by atoms with Crippen LogP contribution in [-0.2, 0) is 0 Å². The number of nitrogens with zero attached hydrogens (tertiary/aromatic N) is 1.